The van der Waals surface area contributed by atoms with Crippen LogP contribution in [-0.4, -0.2) is 40.6 Å². The molecule has 6 heteroatoms. The lowest BCUT2D eigenvalue weighted by atomic mass is 9.99. The average molecular weight is 349 g/mol. The van der Waals surface area contributed by atoms with E-state index in [0.29, 0.717) is 36.1 Å². The van der Waals surface area contributed by atoms with Gasteiger partial charge in [-0.2, -0.15) is 0 Å². The van der Waals surface area contributed by atoms with E-state index >= 15 is 0 Å². The van der Waals surface area contributed by atoms with Crippen LogP contribution in [0.15, 0.2) is 34.9 Å². The van der Waals surface area contributed by atoms with Gasteiger partial charge in [-0.15, -0.1) is 0 Å². The topological polar surface area (TPSA) is 66.6 Å². The number of oxazole rings is 1. The number of carbonyl (C=O) groups is 1. The number of carbonyl (C=O) groups excluding carboxylic acids is 1. The fourth-order valence-electron chi connectivity index (χ4n) is 2.99. The van der Waals surface area contributed by atoms with E-state index in [1.807, 2.05) is 17.0 Å². The second kappa shape index (κ2) is 7.81. The molecule has 5 nitrogen and oxygen atoms in total. The molecule has 24 heavy (non-hydrogen) atoms. The second-order valence-corrected chi connectivity index (χ2v) is 6.59. The van der Waals surface area contributed by atoms with Gasteiger partial charge in [0.05, 0.1) is 6.20 Å². The van der Waals surface area contributed by atoms with Crippen LogP contribution in [0.5, 0.6) is 0 Å². The number of aryl methyl sites for hydroxylation is 1. The third-order valence-electron chi connectivity index (χ3n) is 4.36. The summed E-state index contributed by atoms with van der Waals surface area (Å²) >= 11 is 5.88. The summed E-state index contributed by atoms with van der Waals surface area (Å²) in [6.07, 6.45) is 4.47. The lowest BCUT2D eigenvalue weighted by Gasteiger charge is -2.31. The lowest BCUT2D eigenvalue weighted by molar-refractivity contribution is -0.133. The zero-order valence-corrected chi connectivity index (χ0v) is 14.2. The van der Waals surface area contributed by atoms with Gasteiger partial charge in [0.25, 0.3) is 0 Å². The minimum Gasteiger partial charge on any atom is -0.441 e. The number of hydrogen-bond donors (Lipinski definition) is 1. The Morgan fingerprint density at radius 1 is 1.38 bits per heavy atom. The van der Waals surface area contributed by atoms with Crippen molar-refractivity contribution in [2.24, 2.45) is 5.92 Å². The molecule has 0 aliphatic carbocycles. The van der Waals surface area contributed by atoms with Crippen LogP contribution < -0.4 is 0 Å². The van der Waals surface area contributed by atoms with Crippen LogP contribution in [0.25, 0.3) is 11.3 Å². The number of aliphatic hydroxyl groups excluding tert-OH is 1. The third-order valence-corrected chi connectivity index (χ3v) is 4.62. The van der Waals surface area contributed by atoms with Crippen LogP contribution in [0, 0.1) is 5.92 Å². The number of benzene rings is 1. The van der Waals surface area contributed by atoms with Crippen molar-refractivity contribution in [1.82, 2.24) is 9.88 Å². The minimum absolute atomic E-state index is 0.0967. The van der Waals surface area contributed by atoms with E-state index in [2.05, 4.69) is 4.98 Å². The van der Waals surface area contributed by atoms with Crippen LogP contribution in [0.2, 0.25) is 5.02 Å². The summed E-state index contributed by atoms with van der Waals surface area (Å²) < 4.78 is 5.72. The van der Waals surface area contributed by atoms with Gasteiger partial charge < -0.3 is 14.4 Å². The Morgan fingerprint density at radius 3 is 2.92 bits per heavy atom. The van der Waals surface area contributed by atoms with Crippen molar-refractivity contribution in [1.29, 1.82) is 0 Å². The van der Waals surface area contributed by atoms with Crippen LogP contribution in [0.3, 0.4) is 0 Å². The normalized spacial score (nSPS) is 17.9. The Bertz CT molecular complexity index is 684. The van der Waals surface area contributed by atoms with E-state index in [1.165, 1.54) is 0 Å². The van der Waals surface area contributed by atoms with Crippen molar-refractivity contribution in [3.05, 3.63) is 41.4 Å². The summed E-state index contributed by atoms with van der Waals surface area (Å²) in [7, 11) is 0. The number of piperidine rings is 1. The molecule has 2 heterocycles. The molecule has 1 aromatic heterocycles. The Hall–Kier alpha value is -1.85. The van der Waals surface area contributed by atoms with E-state index in [4.69, 9.17) is 16.0 Å². The number of halogens is 1. The molecule has 1 saturated heterocycles. The molecule has 1 unspecified atom stereocenters. The van der Waals surface area contributed by atoms with Crippen molar-refractivity contribution >= 4 is 17.5 Å². The van der Waals surface area contributed by atoms with Gasteiger partial charge in [-0.1, -0.05) is 11.6 Å². The van der Waals surface area contributed by atoms with Gasteiger partial charge in [-0.3, -0.25) is 4.79 Å². The highest BCUT2D eigenvalue weighted by atomic mass is 35.5. The highest BCUT2D eigenvalue weighted by molar-refractivity contribution is 6.30. The summed E-state index contributed by atoms with van der Waals surface area (Å²) in [5.74, 6) is 1.54. The van der Waals surface area contributed by atoms with E-state index < -0.39 is 0 Å². The molecule has 1 atom stereocenters. The average Bonchev–Trinajstić information content (AvgIpc) is 3.09. The number of hydrogen-bond acceptors (Lipinski definition) is 4. The zero-order valence-electron chi connectivity index (χ0n) is 13.4. The third kappa shape index (κ3) is 4.16. The predicted molar refractivity (Wildman–Crippen MR) is 91.7 cm³/mol. The van der Waals surface area contributed by atoms with Gasteiger partial charge in [0.2, 0.25) is 5.91 Å². The number of rotatable bonds is 5. The van der Waals surface area contributed by atoms with Gasteiger partial charge in [0, 0.05) is 43.1 Å². The number of aromatic nitrogens is 1. The molecule has 1 aliphatic heterocycles. The Morgan fingerprint density at radius 2 is 2.17 bits per heavy atom. The quantitative estimate of drug-likeness (QED) is 0.901. The SMILES string of the molecule is O=C(CCc1ncc(-c2ccc(Cl)cc2)o1)N1CCCC(CO)C1. The molecule has 1 amide bonds. The van der Waals surface area contributed by atoms with Crippen LogP contribution in [0.4, 0.5) is 0 Å². The highest BCUT2D eigenvalue weighted by Crippen LogP contribution is 2.23. The number of amides is 1. The molecule has 2 aromatic rings. The molecule has 0 radical (unpaired) electrons. The van der Waals surface area contributed by atoms with Crippen molar-refractivity contribution in [3.8, 4) is 11.3 Å². The van der Waals surface area contributed by atoms with E-state index in [0.717, 1.165) is 24.9 Å². The molecule has 0 spiro atoms. The molecule has 1 aromatic carbocycles. The molecule has 1 N–H and O–H groups in total. The van der Waals surface area contributed by atoms with Crippen LogP contribution in [-0.2, 0) is 11.2 Å². The van der Waals surface area contributed by atoms with Crippen molar-refractivity contribution in [3.63, 3.8) is 0 Å². The molecule has 3 rings (SSSR count). The van der Waals surface area contributed by atoms with Gasteiger partial charge in [-0.05, 0) is 43.0 Å². The molecular weight excluding hydrogens is 328 g/mol. The predicted octanol–water partition coefficient (Wildman–Crippen LogP) is 3.16. The van der Waals surface area contributed by atoms with Gasteiger partial charge in [-0.25, -0.2) is 4.98 Å². The summed E-state index contributed by atoms with van der Waals surface area (Å²) in [4.78, 5) is 18.4. The Balaban J connectivity index is 1.55. The molecule has 128 valence electrons. The first-order valence-electron chi connectivity index (χ1n) is 8.25. The molecule has 0 bridgehead atoms. The molecule has 1 aliphatic rings. The fraction of sp³-hybridized carbons (Fsp3) is 0.444. The zero-order chi connectivity index (χ0) is 16.9. The highest BCUT2D eigenvalue weighted by Gasteiger charge is 2.23. The summed E-state index contributed by atoms with van der Waals surface area (Å²) in [6, 6.07) is 7.36. The summed E-state index contributed by atoms with van der Waals surface area (Å²) in [5, 5.41) is 9.93. The van der Waals surface area contributed by atoms with Crippen molar-refractivity contribution in [2.45, 2.75) is 25.7 Å². The van der Waals surface area contributed by atoms with Crippen LogP contribution >= 0.6 is 11.6 Å². The van der Waals surface area contributed by atoms with E-state index in [-0.39, 0.29) is 18.4 Å². The fourth-order valence-corrected chi connectivity index (χ4v) is 3.11. The summed E-state index contributed by atoms with van der Waals surface area (Å²) in [6.45, 7) is 1.57. The summed E-state index contributed by atoms with van der Waals surface area (Å²) in [5.41, 5.74) is 0.909. The monoisotopic (exact) mass is 348 g/mol. The van der Waals surface area contributed by atoms with Crippen molar-refractivity contribution in [2.75, 3.05) is 19.7 Å². The Kier molecular flexibility index (Phi) is 5.53. The van der Waals surface area contributed by atoms with E-state index in [9.17, 15) is 9.90 Å². The first kappa shape index (κ1) is 17.0. The smallest absolute Gasteiger partial charge is 0.223 e. The minimum atomic E-state index is 0.0967. The maximum absolute atomic E-state index is 12.3. The molecule has 1 fully saturated rings. The number of aliphatic hydroxyl groups is 1. The maximum Gasteiger partial charge on any atom is 0.223 e. The van der Waals surface area contributed by atoms with Gasteiger partial charge in [0.1, 0.15) is 0 Å². The largest absolute Gasteiger partial charge is 0.441 e. The molecular formula is C18H21ClN2O3. The number of nitrogens with zero attached hydrogens (tertiary/aromatic N) is 2. The first-order valence-corrected chi connectivity index (χ1v) is 8.63. The van der Waals surface area contributed by atoms with Gasteiger partial charge >= 0.3 is 0 Å². The second-order valence-electron chi connectivity index (χ2n) is 6.16. The standard InChI is InChI=1S/C18H21ClN2O3/c19-15-5-3-14(4-6-15)16-10-20-17(24-16)7-8-18(23)21-9-1-2-13(11-21)12-22/h3-6,10,13,22H,1-2,7-9,11-12H2. The van der Waals surface area contributed by atoms with E-state index in [1.54, 1.807) is 18.3 Å². The lowest BCUT2D eigenvalue weighted by Crippen LogP contribution is -2.41. The maximum atomic E-state index is 12.3. The van der Waals surface area contributed by atoms with Gasteiger partial charge in [0.15, 0.2) is 11.7 Å². The molecule has 0 saturated carbocycles. The first-order chi connectivity index (χ1) is 11.7. The number of likely N-dealkylation sites (tertiary alicyclic amines) is 1. The van der Waals surface area contributed by atoms with Crippen molar-refractivity contribution < 1.29 is 14.3 Å². The van der Waals surface area contributed by atoms with Crippen LogP contribution in [0.1, 0.15) is 25.2 Å². The Labute approximate surface area is 146 Å².